The van der Waals surface area contributed by atoms with Crippen LogP contribution in [0.5, 0.6) is 0 Å². The normalized spacial score (nSPS) is 17.5. The molecule has 0 spiro atoms. The summed E-state index contributed by atoms with van der Waals surface area (Å²) in [5.74, 6) is 0. The molecule has 0 radical (unpaired) electrons. The van der Waals surface area contributed by atoms with Gasteiger partial charge in [0.05, 0.1) is 93.0 Å². The van der Waals surface area contributed by atoms with Crippen molar-refractivity contribution in [3.05, 3.63) is 283 Å². The highest BCUT2D eigenvalue weighted by atomic mass is 15.4. The fourth-order valence-corrected chi connectivity index (χ4v) is 15.8. The van der Waals surface area contributed by atoms with Gasteiger partial charge in [0.2, 0.25) is 0 Å². The highest BCUT2D eigenvalue weighted by Crippen LogP contribution is 2.50. The summed E-state index contributed by atoms with van der Waals surface area (Å²) in [7, 11) is 2.13. The molecule has 0 amide bonds. The van der Waals surface area contributed by atoms with E-state index in [2.05, 4.69) is 351 Å². The molecular weight excluding hydrogens is 1230 g/mol. The second-order valence-electron chi connectivity index (χ2n) is 27.6. The first kappa shape index (κ1) is 67.8. The summed E-state index contributed by atoms with van der Waals surface area (Å²) in [5, 5.41) is 0. The molecule has 7 aromatic carbocycles. The van der Waals surface area contributed by atoms with Crippen molar-refractivity contribution in [3.8, 4) is 33.5 Å². The summed E-state index contributed by atoms with van der Waals surface area (Å²) < 4.78 is 0. The van der Waals surface area contributed by atoms with Crippen molar-refractivity contribution >= 4 is 62.6 Å². The third-order valence-electron chi connectivity index (χ3n) is 20.9. The van der Waals surface area contributed by atoms with E-state index in [0.717, 1.165) is 11.4 Å². The molecule has 4 aromatic heterocycles. The van der Waals surface area contributed by atoms with Crippen molar-refractivity contribution in [3.63, 3.8) is 0 Å². The Labute approximate surface area is 594 Å². The largest absolute Gasteiger partial charge is 0.353 e. The summed E-state index contributed by atoms with van der Waals surface area (Å²) in [5.41, 5.74) is 28.3. The van der Waals surface area contributed by atoms with Gasteiger partial charge in [-0.05, 0) is 201 Å². The van der Waals surface area contributed by atoms with E-state index in [0.29, 0.717) is 30.6 Å². The number of para-hydroxylation sites is 7. The van der Waals surface area contributed by atoms with Crippen LogP contribution in [-0.2, 0) is 0 Å². The Bertz CT molecular complexity index is 4580. The first-order valence-electron chi connectivity index (χ1n) is 35.8. The Hall–Kier alpha value is -10.7. The Morgan fingerprint density at radius 3 is 1.32 bits per heavy atom. The van der Waals surface area contributed by atoms with Crippen LogP contribution in [0.25, 0.3) is 33.5 Å². The third kappa shape index (κ3) is 13.3. The van der Waals surface area contributed by atoms with E-state index in [1.807, 2.05) is 43.4 Å². The van der Waals surface area contributed by atoms with Crippen molar-refractivity contribution in [1.29, 1.82) is 0 Å². The number of aromatic nitrogens is 4. The number of benzene rings is 7. The van der Waals surface area contributed by atoms with Gasteiger partial charge in [-0.15, -0.1) is 0 Å². The molecule has 4 atom stereocenters. The number of fused-ring (bicyclic) bond motifs is 3. The molecule has 1 aliphatic carbocycles. The molecule has 5 aliphatic rings. The van der Waals surface area contributed by atoms with E-state index < -0.39 is 0 Å². The lowest BCUT2D eigenvalue weighted by Crippen LogP contribution is -2.45. The molecule has 100 heavy (non-hydrogen) atoms. The van der Waals surface area contributed by atoms with Crippen LogP contribution in [0.15, 0.2) is 250 Å². The van der Waals surface area contributed by atoms with Crippen LogP contribution < -0.4 is 39.2 Å². The SMILES string of the molecule is Cc1cc(-c2c(C)cccc2C)ncc1N1C=CN(c2c(-c3ccccc3)cccc2-c2ccccc2)[C@H]1C.Cc1ccncc1N1c2ccccc2N(C(C)C)[C@H]1C.Cc1ccncc1N1c2ccccc2N(C)[C@H]1C.Cc1ccncc1N1c2ccccc2N(C2CCCCC2)[C@H]1C. The van der Waals surface area contributed by atoms with Crippen molar-refractivity contribution < 1.29 is 0 Å². The van der Waals surface area contributed by atoms with Crippen LogP contribution in [0, 0.1) is 41.5 Å². The Morgan fingerprint density at radius 1 is 0.370 bits per heavy atom. The van der Waals surface area contributed by atoms with Crippen LogP contribution >= 0.6 is 0 Å². The molecule has 508 valence electrons. The predicted octanol–water partition coefficient (Wildman–Crippen LogP) is 21.6. The number of pyridine rings is 4. The maximum Gasteiger partial charge on any atom is 0.107 e. The Kier molecular flexibility index (Phi) is 20.2. The molecule has 12 heteroatoms. The van der Waals surface area contributed by atoms with Gasteiger partial charge in [0, 0.05) is 66.8 Å². The summed E-state index contributed by atoms with van der Waals surface area (Å²) in [6.07, 6.45) is 25.7. The standard InChI is InChI=1S/C36H33N3.C20H25N3.C17H21N3.C15H17N3/c1-25-13-11-14-26(2)35(25)33-23-27(3)34(24-37-33)38-21-22-39(28(38)4)36-31(29-15-7-5-8-16-29)19-12-20-32(36)30-17-9-6-10-18-30;1-15-12-13-21-14-20(15)23-16(2)22(17-8-4-3-5-9-17)18-10-6-7-11-19(18)23;1-12(2)19-14(4)20(16-8-6-5-7-15(16)19)17-11-18-10-9-13(17)3;1-11-8-9-16-10-15(11)18-12(2)17(3)13-6-4-5-7-14(13)18/h5-24,28H,1-4H3;6-7,10-14,16-17H,3-5,8-9H2,1-2H3;5-12,14H,1-4H3;4-10,12H,1-3H3/t28-;16-;14-;12-/m0111/s1. The molecule has 0 unspecified atom stereocenters. The molecule has 8 heterocycles. The molecular formula is C88H96N12. The van der Waals surface area contributed by atoms with Gasteiger partial charge in [-0.25, -0.2) is 0 Å². The summed E-state index contributed by atoms with van der Waals surface area (Å²) in [6, 6.07) is 69.9. The zero-order chi connectivity index (χ0) is 69.7. The summed E-state index contributed by atoms with van der Waals surface area (Å²) in [4.78, 5) is 37.2. The molecule has 0 saturated heterocycles. The van der Waals surface area contributed by atoms with Gasteiger partial charge in [0.1, 0.15) is 24.7 Å². The molecule has 0 bridgehead atoms. The van der Waals surface area contributed by atoms with Crippen molar-refractivity contribution in [2.45, 2.75) is 152 Å². The van der Waals surface area contributed by atoms with Crippen LogP contribution in [0.3, 0.4) is 0 Å². The lowest BCUT2D eigenvalue weighted by Gasteiger charge is -2.38. The average Bonchev–Trinajstić information content (AvgIpc) is 1.59. The van der Waals surface area contributed by atoms with E-state index in [1.165, 1.54) is 150 Å². The highest BCUT2D eigenvalue weighted by molar-refractivity contribution is 5.93. The van der Waals surface area contributed by atoms with E-state index in [1.54, 1.807) is 0 Å². The van der Waals surface area contributed by atoms with Crippen molar-refractivity contribution in [1.82, 2.24) is 19.9 Å². The van der Waals surface area contributed by atoms with Gasteiger partial charge < -0.3 is 39.2 Å². The zero-order valence-electron chi connectivity index (χ0n) is 60.5. The fraction of sp³-hybridized carbons (Fsp3) is 0.273. The van der Waals surface area contributed by atoms with Crippen LogP contribution in [0.4, 0.5) is 62.6 Å². The first-order valence-corrected chi connectivity index (χ1v) is 35.8. The molecule has 1 saturated carbocycles. The van der Waals surface area contributed by atoms with Gasteiger partial charge in [0.15, 0.2) is 0 Å². The second kappa shape index (κ2) is 29.8. The minimum absolute atomic E-state index is 0.0730. The van der Waals surface area contributed by atoms with Crippen LogP contribution in [-0.4, -0.2) is 63.7 Å². The van der Waals surface area contributed by atoms with Crippen LogP contribution in [0.2, 0.25) is 0 Å². The Morgan fingerprint density at radius 2 is 0.810 bits per heavy atom. The van der Waals surface area contributed by atoms with Gasteiger partial charge in [-0.3, -0.25) is 19.9 Å². The lowest BCUT2D eigenvalue weighted by molar-refractivity contribution is 0.400. The van der Waals surface area contributed by atoms with Gasteiger partial charge in [0.25, 0.3) is 0 Å². The number of nitrogens with zero attached hydrogens (tertiary/aromatic N) is 12. The average molecular weight is 1320 g/mol. The molecule has 16 rings (SSSR count). The van der Waals surface area contributed by atoms with Gasteiger partial charge in [-0.2, -0.15) is 0 Å². The first-order chi connectivity index (χ1) is 48.6. The number of rotatable bonds is 10. The molecule has 1 fully saturated rings. The number of aryl methyl sites for hydroxylation is 6. The smallest absolute Gasteiger partial charge is 0.107 e. The molecule has 12 nitrogen and oxygen atoms in total. The summed E-state index contributed by atoms with van der Waals surface area (Å²) >= 11 is 0. The highest BCUT2D eigenvalue weighted by Gasteiger charge is 2.40. The van der Waals surface area contributed by atoms with Crippen molar-refractivity contribution in [2.24, 2.45) is 0 Å². The monoisotopic (exact) mass is 1320 g/mol. The van der Waals surface area contributed by atoms with E-state index in [4.69, 9.17) is 4.98 Å². The number of anilines is 11. The van der Waals surface area contributed by atoms with Crippen molar-refractivity contribution in [2.75, 3.05) is 46.2 Å². The number of hydrogen-bond donors (Lipinski definition) is 0. The molecule has 4 aliphatic heterocycles. The maximum absolute atomic E-state index is 4.94. The maximum atomic E-state index is 4.94. The van der Waals surface area contributed by atoms with E-state index in [9.17, 15) is 0 Å². The van der Waals surface area contributed by atoms with Crippen LogP contribution in [0.1, 0.15) is 107 Å². The fourth-order valence-electron chi connectivity index (χ4n) is 15.8. The lowest BCUT2D eigenvalue weighted by atomic mass is 9.94. The topological polar surface area (TPSA) is 77.5 Å². The van der Waals surface area contributed by atoms with E-state index >= 15 is 0 Å². The predicted molar refractivity (Wildman–Crippen MR) is 421 cm³/mol. The zero-order valence-corrected chi connectivity index (χ0v) is 60.5. The summed E-state index contributed by atoms with van der Waals surface area (Å²) in [6.45, 7) is 26.5. The second-order valence-corrected chi connectivity index (χ2v) is 27.6. The molecule has 0 N–H and O–H groups in total. The van der Waals surface area contributed by atoms with E-state index in [-0.39, 0.29) is 6.17 Å². The van der Waals surface area contributed by atoms with Gasteiger partial charge in [-0.1, -0.05) is 153 Å². The minimum Gasteiger partial charge on any atom is -0.353 e. The number of hydrogen-bond acceptors (Lipinski definition) is 12. The Balaban J connectivity index is 0.000000126. The third-order valence-corrected chi connectivity index (χ3v) is 20.9. The minimum atomic E-state index is 0.0730. The van der Waals surface area contributed by atoms with Gasteiger partial charge >= 0.3 is 0 Å². The quantitative estimate of drug-likeness (QED) is 0.131. The molecule has 11 aromatic rings.